The predicted molar refractivity (Wildman–Crippen MR) is 115 cm³/mol. The van der Waals surface area contributed by atoms with Crippen LogP contribution in [0.25, 0.3) is 0 Å². The van der Waals surface area contributed by atoms with Gasteiger partial charge in [0.1, 0.15) is 0 Å². The Balaban J connectivity index is 1.40. The van der Waals surface area contributed by atoms with Crippen molar-refractivity contribution in [2.45, 2.75) is 45.2 Å². The second-order valence-corrected chi connectivity index (χ2v) is 7.57. The SMILES string of the molecule is CCNC(=NCCCc1cnn(C)c1)NC1CCN(Cc2ccccc2)CC1. The first-order valence-electron chi connectivity index (χ1n) is 10.5. The van der Waals surface area contributed by atoms with E-state index in [0.29, 0.717) is 6.04 Å². The molecule has 28 heavy (non-hydrogen) atoms. The van der Waals surface area contributed by atoms with Gasteiger partial charge in [-0.05, 0) is 43.7 Å². The van der Waals surface area contributed by atoms with Gasteiger partial charge >= 0.3 is 0 Å². The van der Waals surface area contributed by atoms with Gasteiger partial charge in [0.05, 0.1) is 6.20 Å². The molecule has 1 aromatic carbocycles. The van der Waals surface area contributed by atoms with E-state index in [9.17, 15) is 0 Å². The summed E-state index contributed by atoms with van der Waals surface area (Å²) in [6, 6.07) is 11.3. The summed E-state index contributed by atoms with van der Waals surface area (Å²) in [5.74, 6) is 0.954. The number of nitrogens with zero attached hydrogens (tertiary/aromatic N) is 4. The van der Waals surface area contributed by atoms with Gasteiger partial charge in [-0.25, -0.2) is 0 Å². The van der Waals surface area contributed by atoms with Crippen LogP contribution in [0.4, 0.5) is 0 Å². The van der Waals surface area contributed by atoms with Crippen LogP contribution in [-0.2, 0) is 20.0 Å². The number of benzene rings is 1. The molecule has 2 N–H and O–H groups in total. The summed E-state index contributed by atoms with van der Waals surface area (Å²) in [6.45, 7) is 7.16. The lowest BCUT2D eigenvalue weighted by molar-refractivity contribution is 0.198. The fraction of sp³-hybridized carbons (Fsp3) is 0.545. The number of piperidine rings is 1. The highest BCUT2D eigenvalue weighted by Gasteiger charge is 2.19. The molecule has 0 unspecified atom stereocenters. The van der Waals surface area contributed by atoms with Crippen LogP contribution < -0.4 is 10.6 Å². The fourth-order valence-electron chi connectivity index (χ4n) is 3.67. The normalized spacial score (nSPS) is 16.3. The molecule has 1 saturated heterocycles. The van der Waals surface area contributed by atoms with Gasteiger partial charge in [0.15, 0.2) is 5.96 Å². The molecule has 2 aromatic rings. The largest absolute Gasteiger partial charge is 0.357 e. The van der Waals surface area contributed by atoms with E-state index in [-0.39, 0.29) is 0 Å². The van der Waals surface area contributed by atoms with Crippen molar-refractivity contribution >= 4 is 5.96 Å². The Morgan fingerprint density at radius 2 is 1.96 bits per heavy atom. The lowest BCUT2D eigenvalue weighted by Gasteiger charge is -2.33. The Kier molecular flexibility index (Phi) is 7.91. The van der Waals surface area contributed by atoms with Crippen LogP contribution in [0.15, 0.2) is 47.7 Å². The Hall–Kier alpha value is -2.34. The number of aryl methyl sites for hydroxylation is 2. The van der Waals surface area contributed by atoms with Crippen LogP contribution in [0.5, 0.6) is 0 Å². The van der Waals surface area contributed by atoms with Gasteiger partial charge in [-0.1, -0.05) is 30.3 Å². The molecule has 0 radical (unpaired) electrons. The van der Waals surface area contributed by atoms with Crippen LogP contribution in [0.1, 0.15) is 37.3 Å². The lowest BCUT2D eigenvalue weighted by Crippen LogP contribution is -2.48. The van der Waals surface area contributed by atoms with Crippen molar-refractivity contribution in [2.75, 3.05) is 26.2 Å². The van der Waals surface area contributed by atoms with Gasteiger partial charge in [-0.3, -0.25) is 14.6 Å². The van der Waals surface area contributed by atoms with Crippen LogP contribution in [0, 0.1) is 0 Å². The highest BCUT2D eigenvalue weighted by atomic mass is 15.2. The Morgan fingerprint density at radius 3 is 2.64 bits per heavy atom. The second-order valence-electron chi connectivity index (χ2n) is 7.57. The molecule has 3 rings (SSSR count). The molecule has 0 spiro atoms. The summed E-state index contributed by atoms with van der Waals surface area (Å²) in [7, 11) is 1.96. The first-order chi connectivity index (χ1) is 13.7. The topological polar surface area (TPSA) is 57.5 Å². The molecule has 1 aliphatic heterocycles. The minimum absolute atomic E-state index is 0.503. The number of hydrogen-bond donors (Lipinski definition) is 2. The van der Waals surface area contributed by atoms with Crippen LogP contribution in [0.3, 0.4) is 0 Å². The molecular formula is C22H34N6. The molecule has 0 atom stereocenters. The minimum atomic E-state index is 0.503. The second kappa shape index (κ2) is 10.9. The summed E-state index contributed by atoms with van der Waals surface area (Å²) in [6.07, 6.45) is 8.40. The zero-order chi connectivity index (χ0) is 19.6. The van der Waals surface area contributed by atoms with E-state index in [2.05, 4.69) is 64.1 Å². The standard InChI is InChI=1S/C22H34N6/c1-3-23-22(24-13-7-10-20-16-25-27(2)17-20)26-21-11-14-28(15-12-21)18-19-8-5-4-6-9-19/h4-6,8-9,16-17,21H,3,7,10-15,18H2,1-2H3,(H2,23,24,26). The van der Waals surface area contributed by atoms with E-state index >= 15 is 0 Å². The number of likely N-dealkylation sites (tertiary alicyclic amines) is 1. The maximum atomic E-state index is 4.77. The number of aliphatic imine (C=N–C) groups is 1. The van der Waals surface area contributed by atoms with E-state index in [0.717, 1.165) is 64.4 Å². The van der Waals surface area contributed by atoms with Crippen molar-refractivity contribution in [1.29, 1.82) is 0 Å². The summed E-state index contributed by atoms with van der Waals surface area (Å²) >= 11 is 0. The average Bonchev–Trinajstić information content (AvgIpc) is 3.13. The van der Waals surface area contributed by atoms with Gasteiger partial charge in [0.25, 0.3) is 0 Å². The third-order valence-electron chi connectivity index (χ3n) is 5.17. The average molecular weight is 383 g/mol. The van der Waals surface area contributed by atoms with Crippen molar-refractivity contribution in [3.63, 3.8) is 0 Å². The van der Waals surface area contributed by atoms with Gasteiger partial charge in [-0.2, -0.15) is 5.10 Å². The van der Waals surface area contributed by atoms with Gasteiger partial charge in [0.2, 0.25) is 0 Å². The number of rotatable bonds is 8. The van der Waals surface area contributed by atoms with E-state index in [1.807, 2.05) is 17.9 Å². The van der Waals surface area contributed by atoms with Gasteiger partial charge in [-0.15, -0.1) is 0 Å². The first kappa shape index (κ1) is 20.4. The molecule has 1 fully saturated rings. The third kappa shape index (κ3) is 6.68. The molecule has 0 bridgehead atoms. The summed E-state index contributed by atoms with van der Waals surface area (Å²) < 4.78 is 1.86. The van der Waals surface area contributed by atoms with E-state index in [4.69, 9.17) is 4.99 Å². The molecule has 0 saturated carbocycles. The molecule has 1 aromatic heterocycles. The molecule has 0 aliphatic carbocycles. The van der Waals surface area contributed by atoms with E-state index in [1.54, 1.807) is 0 Å². The predicted octanol–water partition coefficient (Wildman–Crippen LogP) is 2.57. The fourth-order valence-corrected chi connectivity index (χ4v) is 3.67. The first-order valence-corrected chi connectivity index (χ1v) is 10.5. The number of guanidine groups is 1. The quantitative estimate of drug-likeness (QED) is 0.419. The maximum Gasteiger partial charge on any atom is 0.191 e. The number of nitrogens with one attached hydrogen (secondary N) is 2. The van der Waals surface area contributed by atoms with Crippen molar-refractivity contribution in [3.8, 4) is 0 Å². The van der Waals surface area contributed by atoms with Crippen LogP contribution in [0.2, 0.25) is 0 Å². The molecular weight excluding hydrogens is 348 g/mol. The van der Waals surface area contributed by atoms with Crippen molar-refractivity contribution in [3.05, 3.63) is 53.9 Å². The van der Waals surface area contributed by atoms with Gasteiger partial charge < -0.3 is 10.6 Å². The monoisotopic (exact) mass is 382 g/mol. The number of hydrogen-bond acceptors (Lipinski definition) is 3. The molecule has 2 heterocycles. The highest BCUT2D eigenvalue weighted by molar-refractivity contribution is 5.80. The zero-order valence-electron chi connectivity index (χ0n) is 17.3. The number of aromatic nitrogens is 2. The van der Waals surface area contributed by atoms with E-state index < -0.39 is 0 Å². The summed E-state index contributed by atoms with van der Waals surface area (Å²) in [5, 5.41) is 11.3. The molecule has 6 heteroatoms. The molecule has 152 valence electrons. The highest BCUT2D eigenvalue weighted by Crippen LogP contribution is 2.13. The maximum absolute atomic E-state index is 4.77. The van der Waals surface area contributed by atoms with Crippen molar-refractivity contribution < 1.29 is 0 Å². The zero-order valence-corrected chi connectivity index (χ0v) is 17.3. The Labute approximate surface area is 169 Å². The molecule has 6 nitrogen and oxygen atoms in total. The smallest absolute Gasteiger partial charge is 0.191 e. The summed E-state index contributed by atoms with van der Waals surface area (Å²) in [5.41, 5.74) is 2.68. The lowest BCUT2D eigenvalue weighted by atomic mass is 10.0. The molecule has 0 amide bonds. The Bertz CT molecular complexity index is 716. The minimum Gasteiger partial charge on any atom is -0.357 e. The summed E-state index contributed by atoms with van der Waals surface area (Å²) in [4.78, 5) is 7.32. The Morgan fingerprint density at radius 1 is 1.18 bits per heavy atom. The van der Waals surface area contributed by atoms with Crippen molar-refractivity contribution in [1.82, 2.24) is 25.3 Å². The van der Waals surface area contributed by atoms with Crippen molar-refractivity contribution in [2.24, 2.45) is 12.0 Å². The van der Waals surface area contributed by atoms with E-state index in [1.165, 1.54) is 11.1 Å². The molecule has 1 aliphatic rings. The van der Waals surface area contributed by atoms with Crippen LogP contribution >= 0.6 is 0 Å². The van der Waals surface area contributed by atoms with Gasteiger partial charge in [0, 0.05) is 52.0 Å². The van der Waals surface area contributed by atoms with Crippen LogP contribution in [-0.4, -0.2) is 52.9 Å². The third-order valence-corrected chi connectivity index (χ3v) is 5.17.